The van der Waals surface area contributed by atoms with Gasteiger partial charge in [-0.15, -0.1) is 0 Å². The van der Waals surface area contributed by atoms with Crippen molar-refractivity contribution in [3.63, 3.8) is 0 Å². The first-order chi connectivity index (χ1) is 11.7. The molecule has 24 heavy (non-hydrogen) atoms. The van der Waals surface area contributed by atoms with Crippen molar-refractivity contribution in [2.24, 2.45) is 5.92 Å². The van der Waals surface area contributed by atoms with Gasteiger partial charge in [-0.05, 0) is 48.2 Å². The lowest BCUT2D eigenvalue weighted by Gasteiger charge is -2.04. The highest BCUT2D eigenvalue weighted by molar-refractivity contribution is 5.94. The van der Waals surface area contributed by atoms with Gasteiger partial charge in [-0.2, -0.15) is 5.10 Å². The molecule has 1 fully saturated rings. The Bertz CT molecular complexity index is 844. The van der Waals surface area contributed by atoms with Crippen LogP contribution in [0.2, 0.25) is 0 Å². The monoisotopic (exact) mass is 322 g/mol. The van der Waals surface area contributed by atoms with Gasteiger partial charge in [-0.3, -0.25) is 14.9 Å². The van der Waals surface area contributed by atoms with Gasteiger partial charge in [0.25, 0.3) is 0 Å². The fourth-order valence-electron chi connectivity index (χ4n) is 2.82. The number of hydrogen-bond acceptors (Lipinski definition) is 3. The molecule has 2 unspecified atom stereocenters. The average molecular weight is 322 g/mol. The highest BCUT2D eigenvalue weighted by Gasteiger charge is 2.44. The molecule has 2 aromatic heterocycles. The molecule has 2 N–H and O–H groups in total. The Morgan fingerprint density at radius 3 is 2.67 bits per heavy atom. The number of anilines is 1. The Hall–Kier alpha value is -3.02. The topological polar surface area (TPSA) is 70.7 Å². The molecule has 2 heterocycles. The predicted octanol–water partition coefficient (Wildman–Crippen LogP) is 3.35. The van der Waals surface area contributed by atoms with Gasteiger partial charge >= 0.3 is 0 Å². The molecule has 0 bridgehead atoms. The number of amides is 1. The third-order valence-corrected chi connectivity index (χ3v) is 4.24. The fourth-order valence-corrected chi connectivity index (χ4v) is 2.82. The summed E-state index contributed by atoms with van der Waals surface area (Å²) in [5.74, 6) is 0.497. The number of nitrogens with one attached hydrogen (secondary N) is 2. The van der Waals surface area contributed by atoms with Gasteiger partial charge in [0.1, 0.15) is 11.6 Å². The number of carbonyl (C=O) groups is 1. The summed E-state index contributed by atoms with van der Waals surface area (Å²) in [7, 11) is 0. The number of aromatic amines is 1. The lowest BCUT2D eigenvalue weighted by molar-refractivity contribution is -0.117. The van der Waals surface area contributed by atoms with E-state index in [4.69, 9.17) is 0 Å². The molecule has 2 atom stereocenters. The Morgan fingerprint density at radius 2 is 2.00 bits per heavy atom. The third kappa shape index (κ3) is 2.90. The first-order valence-corrected chi connectivity index (χ1v) is 7.73. The number of nitrogens with zero attached hydrogens (tertiary/aromatic N) is 2. The van der Waals surface area contributed by atoms with Gasteiger partial charge in [0.15, 0.2) is 0 Å². The second kappa shape index (κ2) is 5.88. The average Bonchev–Trinajstić information content (AvgIpc) is 3.25. The van der Waals surface area contributed by atoms with Crippen molar-refractivity contribution in [2.45, 2.75) is 12.3 Å². The molecule has 1 aromatic carbocycles. The molecule has 5 nitrogen and oxygen atoms in total. The highest BCUT2D eigenvalue weighted by atomic mass is 19.1. The standard InChI is InChI=1S/C18H15FN4O/c19-13-4-1-11(2-5-13)16-6-3-12(10-20-16)14-9-15(14)18(24)22-17-7-8-21-23-17/h1-8,10,14-15H,9H2,(H2,21,22,23,24). The van der Waals surface area contributed by atoms with E-state index in [0.29, 0.717) is 5.82 Å². The Kier molecular flexibility index (Phi) is 3.57. The van der Waals surface area contributed by atoms with Crippen LogP contribution in [-0.4, -0.2) is 21.1 Å². The molecule has 1 aliphatic carbocycles. The van der Waals surface area contributed by atoms with Crippen LogP contribution in [0.5, 0.6) is 0 Å². The van der Waals surface area contributed by atoms with Crippen molar-refractivity contribution in [1.82, 2.24) is 15.2 Å². The SMILES string of the molecule is O=C(Nc1ccn[nH]1)C1CC1c1ccc(-c2ccc(F)cc2)nc1. The molecule has 1 aliphatic rings. The summed E-state index contributed by atoms with van der Waals surface area (Å²) >= 11 is 0. The fraction of sp³-hybridized carbons (Fsp3) is 0.167. The molecule has 1 amide bonds. The molecule has 6 heteroatoms. The number of pyridine rings is 1. The van der Waals surface area contributed by atoms with E-state index in [2.05, 4.69) is 20.5 Å². The molecule has 0 saturated heterocycles. The Labute approximate surface area is 137 Å². The summed E-state index contributed by atoms with van der Waals surface area (Å²) in [6.07, 6.45) is 4.21. The molecular weight excluding hydrogens is 307 g/mol. The molecule has 0 aliphatic heterocycles. The van der Waals surface area contributed by atoms with Gasteiger partial charge in [0, 0.05) is 23.7 Å². The normalized spacial score (nSPS) is 19.0. The second-order valence-electron chi connectivity index (χ2n) is 5.89. The van der Waals surface area contributed by atoms with Crippen molar-refractivity contribution in [3.05, 3.63) is 66.2 Å². The molecule has 3 aromatic rings. The highest BCUT2D eigenvalue weighted by Crippen LogP contribution is 2.47. The van der Waals surface area contributed by atoms with Crippen molar-refractivity contribution in [1.29, 1.82) is 0 Å². The van der Waals surface area contributed by atoms with Gasteiger partial charge < -0.3 is 5.32 Å². The lowest BCUT2D eigenvalue weighted by Crippen LogP contribution is -2.14. The lowest BCUT2D eigenvalue weighted by atomic mass is 10.1. The minimum Gasteiger partial charge on any atom is -0.311 e. The van der Waals surface area contributed by atoms with Gasteiger partial charge in [0.2, 0.25) is 5.91 Å². The van der Waals surface area contributed by atoms with E-state index in [9.17, 15) is 9.18 Å². The second-order valence-corrected chi connectivity index (χ2v) is 5.89. The Balaban J connectivity index is 1.43. The van der Waals surface area contributed by atoms with Crippen LogP contribution < -0.4 is 5.32 Å². The number of hydrogen-bond donors (Lipinski definition) is 2. The minimum atomic E-state index is -0.264. The smallest absolute Gasteiger partial charge is 0.229 e. The largest absolute Gasteiger partial charge is 0.311 e. The van der Waals surface area contributed by atoms with Crippen molar-refractivity contribution in [3.8, 4) is 11.3 Å². The zero-order valence-corrected chi connectivity index (χ0v) is 12.7. The van der Waals surface area contributed by atoms with Crippen LogP contribution in [0.25, 0.3) is 11.3 Å². The summed E-state index contributed by atoms with van der Waals surface area (Å²) in [6, 6.07) is 11.9. The van der Waals surface area contributed by atoms with Crippen molar-refractivity contribution < 1.29 is 9.18 Å². The van der Waals surface area contributed by atoms with Gasteiger partial charge in [0.05, 0.1) is 11.9 Å². The zero-order chi connectivity index (χ0) is 16.5. The summed E-state index contributed by atoms with van der Waals surface area (Å²) in [6.45, 7) is 0. The number of benzene rings is 1. The van der Waals surface area contributed by atoms with Crippen LogP contribution in [-0.2, 0) is 4.79 Å². The summed E-state index contributed by atoms with van der Waals surface area (Å²) in [4.78, 5) is 16.6. The van der Waals surface area contributed by atoms with Gasteiger partial charge in [-0.1, -0.05) is 6.07 Å². The predicted molar refractivity (Wildman–Crippen MR) is 87.7 cm³/mol. The van der Waals surface area contributed by atoms with Crippen LogP contribution in [0.1, 0.15) is 17.9 Å². The maximum atomic E-state index is 13.0. The van der Waals surface area contributed by atoms with Crippen LogP contribution >= 0.6 is 0 Å². The van der Waals surface area contributed by atoms with Crippen molar-refractivity contribution >= 4 is 11.7 Å². The molecular formula is C18H15FN4O. The van der Waals surface area contributed by atoms with E-state index >= 15 is 0 Å². The van der Waals surface area contributed by atoms with Crippen LogP contribution in [0.15, 0.2) is 54.9 Å². The number of rotatable bonds is 4. The number of H-pyrrole nitrogens is 1. The Morgan fingerprint density at radius 1 is 1.17 bits per heavy atom. The molecule has 0 spiro atoms. The van der Waals surface area contributed by atoms with E-state index in [1.807, 2.05) is 12.1 Å². The van der Waals surface area contributed by atoms with E-state index in [0.717, 1.165) is 23.2 Å². The van der Waals surface area contributed by atoms with E-state index in [1.165, 1.54) is 12.1 Å². The number of carbonyl (C=O) groups excluding carboxylic acids is 1. The molecule has 120 valence electrons. The van der Waals surface area contributed by atoms with Crippen molar-refractivity contribution in [2.75, 3.05) is 5.32 Å². The zero-order valence-electron chi connectivity index (χ0n) is 12.7. The van der Waals surface area contributed by atoms with Crippen LogP contribution in [0, 0.1) is 11.7 Å². The summed E-state index contributed by atoms with van der Waals surface area (Å²) in [5.41, 5.74) is 2.70. The molecule has 1 saturated carbocycles. The maximum absolute atomic E-state index is 13.0. The molecule has 0 radical (unpaired) electrons. The quantitative estimate of drug-likeness (QED) is 0.774. The van der Waals surface area contributed by atoms with Gasteiger partial charge in [-0.25, -0.2) is 4.39 Å². The van der Waals surface area contributed by atoms with E-state index in [-0.39, 0.29) is 23.6 Å². The van der Waals surface area contributed by atoms with E-state index < -0.39 is 0 Å². The summed E-state index contributed by atoms with van der Waals surface area (Å²) in [5, 5.41) is 9.33. The van der Waals surface area contributed by atoms with Crippen LogP contribution in [0.3, 0.4) is 0 Å². The number of halogens is 1. The van der Waals surface area contributed by atoms with E-state index in [1.54, 1.807) is 30.6 Å². The number of aromatic nitrogens is 3. The minimum absolute atomic E-state index is 0.00754. The van der Waals surface area contributed by atoms with Crippen LogP contribution in [0.4, 0.5) is 10.2 Å². The summed E-state index contributed by atoms with van der Waals surface area (Å²) < 4.78 is 13.0. The maximum Gasteiger partial charge on any atom is 0.229 e. The first kappa shape index (κ1) is 14.6. The third-order valence-electron chi connectivity index (χ3n) is 4.24. The molecule has 4 rings (SSSR count). The first-order valence-electron chi connectivity index (χ1n) is 7.73.